The molecule has 1 unspecified atom stereocenters. The summed E-state index contributed by atoms with van der Waals surface area (Å²) in [6.45, 7) is 9.06. The van der Waals surface area contributed by atoms with Gasteiger partial charge in [0.1, 0.15) is 0 Å². The first-order valence-corrected chi connectivity index (χ1v) is 7.17. The molecule has 3 nitrogen and oxygen atoms in total. The van der Waals surface area contributed by atoms with Crippen LogP contribution >= 0.6 is 0 Å². The SMILES string of the molecule is CCCN(C(=O)c1ccc(C(C)C)cc1)C(N)CC. The lowest BCUT2D eigenvalue weighted by Crippen LogP contribution is -2.45. The normalized spacial score (nSPS) is 12.5. The number of benzene rings is 1. The minimum atomic E-state index is -0.197. The molecule has 0 fully saturated rings. The van der Waals surface area contributed by atoms with Gasteiger partial charge in [-0.15, -0.1) is 0 Å². The predicted octanol–water partition coefficient (Wildman–Crippen LogP) is 3.36. The van der Waals surface area contributed by atoms with Crippen LogP contribution in [0.15, 0.2) is 24.3 Å². The van der Waals surface area contributed by atoms with Crippen LogP contribution in [-0.4, -0.2) is 23.5 Å². The van der Waals surface area contributed by atoms with E-state index >= 15 is 0 Å². The molecule has 1 amide bonds. The minimum absolute atomic E-state index is 0.0338. The fraction of sp³-hybridized carbons (Fsp3) is 0.562. The Labute approximate surface area is 116 Å². The average molecular weight is 262 g/mol. The first-order valence-electron chi connectivity index (χ1n) is 7.17. The lowest BCUT2D eigenvalue weighted by Gasteiger charge is -2.28. The highest BCUT2D eigenvalue weighted by Crippen LogP contribution is 2.16. The number of rotatable bonds is 6. The van der Waals surface area contributed by atoms with Crippen molar-refractivity contribution in [3.05, 3.63) is 35.4 Å². The van der Waals surface area contributed by atoms with Crippen molar-refractivity contribution in [2.24, 2.45) is 5.73 Å². The molecule has 0 aliphatic heterocycles. The quantitative estimate of drug-likeness (QED) is 0.799. The van der Waals surface area contributed by atoms with Gasteiger partial charge in [-0.25, -0.2) is 0 Å². The van der Waals surface area contributed by atoms with Crippen LogP contribution in [0.5, 0.6) is 0 Å². The van der Waals surface area contributed by atoms with Crippen LogP contribution in [0.25, 0.3) is 0 Å². The second-order valence-electron chi connectivity index (χ2n) is 5.25. The molecule has 0 saturated carbocycles. The molecule has 1 atom stereocenters. The zero-order valence-electron chi connectivity index (χ0n) is 12.5. The Morgan fingerprint density at radius 1 is 1.21 bits per heavy atom. The molecule has 0 saturated heterocycles. The molecule has 19 heavy (non-hydrogen) atoms. The summed E-state index contributed by atoms with van der Waals surface area (Å²) in [6, 6.07) is 7.87. The van der Waals surface area contributed by atoms with E-state index in [0.29, 0.717) is 12.5 Å². The number of nitrogens with two attached hydrogens (primary N) is 1. The first-order chi connectivity index (χ1) is 9.01. The molecule has 0 aromatic heterocycles. The molecule has 1 rings (SSSR count). The van der Waals surface area contributed by atoms with Crippen LogP contribution in [0.4, 0.5) is 0 Å². The monoisotopic (exact) mass is 262 g/mol. The molecule has 0 heterocycles. The third-order valence-corrected chi connectivity index (χ3v) is 3.37. The molecule has 0 spiro atoms. The number of nitrogens with zero attached hydrogens (tertiary/aromatic N) is 1. The Balaban J connectivity index is 2.90. The third-order valence-electron chi connectivity index (χ3n) is 3.37. The van der Waals surface area contributed by atoms with Crippen molar-refractivity contribution in [1.82, 2.24) is 4.90 Å². The van der Waals surface area contributed by atoms with Crippen LogP contribution < -0.4 is 5.73 Å². The Bertz CT molecular complexity index is 398. The van der Waals surface area contributed by atoms with Gasteiger partial charge in [0.25, 0.3) is 5.91 Å². The van der Waals surface area contributed by atoms with Gasteiger partial charge in [0, 0.05) is 12.1 Å². The van der Waals surface area contributed by atoms with Gasteiger partial charge in [-0.1, -0.05) is 39.8 Å². The summed E-state index contributed by atoms with van der Waals surface area (Å²) in [5.41, 5.74) is 8.00. The summed E-state index contributed by atoms with van der Waals surface area (Å²) in [6.07, 6.45) is 1.50. The van der Waals surface area contributed by atoms with Crippen molar-refractivity contribution < 1.29 is 4.79 Å². The Morgan fingerprint density at radius 3 is 2.21 bits per heavy atom. The van der Waals surface area contributed by atoms with E-state index < -0.39 is 0 Å². The van der Waals surface area contributed by atoms with E-state index in [-0.39, 0.29) is 12.1 Å². The van der Waals surface area contributed by atoms with Crippen LogP contribution in [0.3, 0.4) is 0 Å². The average Bonchev–Trinajstić information content (AvgIpc) is 2.43. The second kappa shape index (κ2) is 7.29. The fourth-order valence-corrected chi connectivity index (χ4v) is 2.06. The first kappa shape index (κ1) is 15.7. The minimum Gasteiger partial charge on any atom is -0.323 e. The molecular weight excluding hydrogens is 236 g/mol. The lowest BCUT2D eigenvalue weighted by molar-refractivity contribution is 0.0677. The summed E-state index contributed by atoms with van der Waals surface area (Å²) in [5.74, 6) is 0.514. The van der Waals surface area contributed by atoms with E-state index in [9.17, 15) is 4.79 Å². The van der Waals surface area contributed by atoms with Crippen molar-refractivity contribution >= 4 is 5.91 Å². The highest BCUT2D eigenvalue weighted by atomic mass is 16.2. The molecule has 0 aliphatic rings. The van der Waals surface area contributed by atoms with Gasteiger partial charge in [0.15, 0.2) is 0 Å². The maximum atomic E-state index is 12.5. The molecule has 106 valence electrons. The summed E-state index contributed by atoms with van der Waals surface area (Å²) < 4.78 is 0. The van der Waals surface area contributed by atoms with E-state index in [0.717, 1.165) is 18.4 Å². The van der Waals surface area contributed by atoms with Crippen molar-refractivity contribution in [1.29, 1.82) is 0 Å². The molecule has 0 bridgehead atoms. The Morgan fingerprint density at radius 2 is 1.79 bits per heavy atom. The summed E-state index contributed by atoms with van der Waals surface area (Å²) in [4.78, 5) is 14.2. The Kier molecular flexibility index (Phi) is 6.03. The van der Waals surface area contributed by atoms with Crippen molar-refractivity contribution in [3.8, 4) is 0 Å². The van der Waals surface area contributed by atoms with Gasteiger partial charge in [-0.05, 0) is 36.5 Å². The summed E-state index contributed by atoms with van der Waals surface area (Å²) in [7, 11) is 0. The topological polar surface area (TPSA) is 46.3 Å². The number of hydrogen-bond acceptors (Lipinski definition) is 2. The predicted molar refractivity (Wildman–Crippen MR) is 80.1 cm³/mol. The van der Waals surface area contributed by atoms with Crippen LogP contribution in [0.1, 0.15) is 62.4 Å². The highest BCUT2D eigenvalue weighted by Gasteiger charge is 2.19. The number of hydrogen-bond donors (Lipinski definition) is 1. The molecule has 1 aromatic rings. The maximum Gasteiger partial charge on any atom is 0.255 e. The van der Waals surface area contributed by atoms with Gasteiger partial charge in [0.2, 0.25) is 0 Å². The second-order valence-corrected chi connectivity index (χ2v) is 5.25. The molecule has 1 aromatic carbocycles. The van der Waals surface area contributed by atoms with Crippen LogP contribution in [0, 0.1) is 0 Å². The standard InChI is InChI=1S/C16H26N2O/c1-5-11-18(15(17)6-2)16(19)14-9-7-13(8-10-14)12(3)4/h7-10,12,15H,5-6,11,17H2,1-4H3. The Hall–Kier alpha value is -1.35. The van der Waals surface area contributed by atoms with Crippen molar-refractivity contribution in [2.45, 2.75) is 52.6 Å². The van der Waals surface area contributed by atoms with Crippen molar-refractivity contribution in [2.75, 3.05) is 6.54 Å². The maximum absolute atomic E-state index is 12.5. The number of carbonyl (C=O) groups is 1. The zero-order chi connectivity index (χ0) is 14.4. The van der Waals surface area contributed by atoms with Crippen molar-refractivity contribution in [3.63, 3.8) is 0 Å². The van der Waals surface area contributed by atoms with Gasteiger partial charge in [0.05, 0.1) is 6.17 Å². The largest absolute Gasteiger partial charge is 0.323 e. The van der Waals surface area contributed by atoms with Gasteiger partial charge < -0.3 is 10.6 Å². The van der Waals surface area contributed by atoms with E-state index in [2.05, 4.69) is 20.8 Å². The molecule has 3 heteroatoms. The number of carbonyl (C=O) groups excluding carboxylic acids is 1. The van der Waals surface area contributed by atoms with Crippen LogP contribution in [0.2, 0.25) is 0 Å². The van der Waals surface area contributed by atoms with E-state index in [1.165, 1.54) is 5.56 Å². The van der Waals surface area contributed by atoms with Gasteiger partial charge in [-0.2, -0.15) is 0 Å². The smallest absolute Gasteiger partial charge is 0.255 e. The number of amides is 1. The zero-order valence-corrected chi connectivity index (χ0v) is 12.5. The van der Waals surface area contributed by atoms with Crippen LogP contribution in [-0.2, 0) is 0 Å². The van der Waals surface area contributed by atoms with Gasteiger partial charge >= 0.3 is 0 Å². The molecule has 0 aliphatic carbocycles. The van der Waals surface area contributed by atoms with Gasteiger partial charge in [-0.3, -0.25) is 4.79 Å². The van der Waals surface area contributed by atoms with E-state index in [4.69, 9.17) is 5.73 Å². The third kappa shape index (κ3) is 4.06. The molecule has 2 N–H and O–H groups in total. The highest BCUT2D eigenvalue weighted by molar-refractivity contribution is 5.94. The molecular formula is C16H26N2O. The summed E-state index contributed by atoms with van der Waals surface area (Å²) >= 11 is 0. The summed E-state index contributed by atoms with van der Waals surface area (Å²) in [5, 5.41) is 0. The lowest BCUT2D eigenvalue weighted by atomic mass is 10.0. The fourth-order valence-electron chi connectivity index (χ4n) is 2.06. The molecule has 0 radical (unpaired) electrons. The van der Waals surface area contributed by atoms with E-state index in [1.807, 2.05) is 31.2 Å². The van der Waals surface area contributed by atoms with E-state index in [1.54, 1.807) is 4.90 Å².